The van der Waals surface area contributed by atoms with Crippen LogP contribution in [0.1, 0.15) is 5.56 Å². The second-order valence-corrected chi connectivity index (χ2v) is 8.33. The summed E-state index contributed by atoms with van der Waals surface area (Å²) >= 11 is 5.96. The molecule has 6 nitrogen and oxygen atoms in total. The number of piperazine rings is 1. The summed E-state index contributed by atoms with van der Waals surface area (Å²) in [4.78, 5) is 4.73. The molecule has 1 fully saturated rings. The van der Waals surface area contributed by atoms with Crippen molar-refractivity contribution in [1.29, 1.82) is 0 Å². The van der Waals surface area contributed by atoms with E-state index in [0.29, 0.717) is 26.4 Å². The lowest BCUT2D eigenvalue weighted by molar-refractivity contribution is -0.0322. The van der Waals surface area contributed by atoms with E-state index < -0.39 is 6.10 Å². The number of hydrogen-bond acceptors (Lipinski definition) is 6. The van der Waals surface area contributed by atoms with Gasteiger partial charge in [-0.15, -0.1) is 0 Å². The van der Waals surface area contributed by atoms with Crippen molar-refractivity contribution >= 4 is 11.6 Å². The third kappa shape index (κ3) is 6.09. The van der Waals surface area contributed by atoms with Crippen LogP contribution in [0.4, 0.5) is 0 Å². The van der Waals surface area contributed by atoms with Gasteiger partial charge in [0.1, 0.15) is 6.61 Å². The predicted octanol–water partition coefficient (Wildman–Crippen LogP) is 2.68. The molecule has 1 N–H and O–H groups in total. The first kappa shape index (κ1) is 21.4. The number of aliphatic hydroxyl groups excluding tert-OH is 1. The average molecular weight is 433 g/mol. The van der Waals surface area contributed by atoms with Crippen LogP contribution in [0.25, 0.3) is 0 Å². The number of hydrogen-bond donors (Lipinski definition) is 1. The lowest BCUT2D eigenvalue weighted by Gasteiger charge is -2.35. The SMILES string of the molecule is O[C@H](COC[C@@H]1COc2ccccc2O1)CN1CCN(Cc2ccc(Cl)cc2)CC1. The van der Waals surface area contributed by atoms with Gasteiger partial charge in [0.25, 0.3) is 0 Å². The fraction of sp³-hybridized carbons (Fsp3) is 0.478. The Morgan fingerprint density at radius 2 is 1.70 bits per heavy atom. The van der Waals surface area contributed by atoms with Crippen LogP contribution in [0, 0.1) is 0 Å². The van der Waals surface area contributed by atoms with Crippen molar-refractivity contribution < 1.29 is 19.3 Å². The predicted molar refractivity (Wildman–Crippen MR) is 116 cm³/mol. The zero-order chi connectivity index (χ0) is 20.8. The lowest BCUT2D eigenvalue weighted by atomic mass is 10.2. The molecule has 0 amide bonds. The van der Waals surface area contributed by atoms with Crippen LogP contribution in [0.5, 0.6) is 11.5 Å². The Labute approximate surface area is 182 Å². The molecule has 162 valence electrons. The summed E-state index contributed by atoms with van der Waals surface area (Å²) in [5.74, 6) is 1.51. The molecule has 2 aromatic rings. The Hall–Kier alpha value is -1.83. The van der Waals surface area contributed by atoms with E-state index in [4.69, 9.17) is 25.8 Å². The standard InChI is InChI=1S/C23H29ClN2O4/c24-19-7-5-18(6-8-19)13-25-9-11-26(12-10-25)14-20(27)15-28-16-21-17-29-22-3-1-2-4-23(22)30-21/h1-8,20-21,27H,9-17H2/t20-,21+/m0/s1. The van der Waals surface area contributed by atoms with Gasteiger partial charge < -0.3 is 19.3 Å². The summed E-state index contributed by atoms with van der Waals surface area (Å²) in [6, 6.07) is 15.7. The molecule has 0 spiro atoms. The maximum Gasteiger partial charge on any atom is 0.161 e. The van der Waals surface area contributed by atoms with E-state index >= 15 is 0 Å². The smallest absolute Gasteiger partial charge is 0.161 e. The first-order valence-electron chi connectivity index (χ1n) is 10.5. The Morgan fingerprint density at radius 1 is 1.00 bits per heavy atom. The number of fused-ring (bicyclic) bond motifs is 1. The van der Waals surface area contributed by atoms with Gasteiger partial charge in [-0.3, -0.25) is 9.80 Å². The molecule has 7 heteroatoms. The Kier molecular flexibility index (Phi) is 7.47. The van der Waals surface area contributed by atoms with Crippen molar-refractivity contribution in [2.45, 2.75) is 18.8 Å². The highest BCUT2D eigenvalue weighted by atomic mass is 35.5. The van der Waals surface area contributed by atoms with E-state index in [1.54, 1.807) is 0 Å². The maximum absolute atomic E-state index is 10.4. The Balaban J connectivity index is 1.11. The number of benzene rings is 2. The monoisotopic (exact) mass is 432 g/mol. The summed E-state index contributed by atoms with van der Waals surface area (Å²) in [5, 5.41) is 11.1. The molecular weight excluding hydrogens is 404 g/mol. The van der Waals surface area contributed by atoms with Gasteiger partial charge in [0.05, 0.1) is 19.3 Å². The van der Waals surface area contributed by atoms with Crippen molar-refractivity contribution in [2.24, 2.45) is 0 Å². The van der Waals surface area contributed by atoms with Crippen molar-refractivity contribution in [2.75, 3.05) is 52.5 Å². The van der Waals surface area contributed by atoms with Crippen molar-refractivity contribution in [3.05, 3.63) is 59.1 Å². The molecule has 0 radical (unpaired) electrons. The molecule has 1 saturated heterocycles. The van der Waals surface area contributed by atoms with E-state index in [-0.39, 0.29) is 6.10 Å². The van der Waals surface area contributed by atoms with Gasteiger partial charge in [0.15, 0.2) is 17.6 Å². The number of para-hydroxylation sites is 2. The van der Waals surface area contributed by atoms with Gasteiger partial charge in [0.2, 0.25) is 0 Å². The summed E-state index contributed by atoms with van der Waals surface area (Å²) in [5.41, 5.74) is 1.28. The molecule has 0 saturated carbocycles. The molecular formula is C23H29ClN2O4. The number of rotatable bonds is 8. The number of β-amino-alcohol motifs (C(OH)–C–C–N with tert-alkyl or cyclic N) is 1. The van der Waals surface area contributed by atoms with Crippen molar-refractivity contribution in [1.82, 2.24) is 9.80 Å². The highest BCUT2D eigenvalue weighted by molar-refractivity contribution is 6.30. The minimum Gasteiger partial charge on any atom is -0.486 e. The second-order valence-electron chi connectivity index (χ2n) is 7.89. The maximum atomic E-state index is 10.4. The lowest BCUT2D eigenvalue weighted by Crippen LogP contribution is -2.48. The molecule has 0 aliphatic carbocycles. The zero-order valence-electron chi connectivity index (χ0n) is 17.1. The molecule has 2 aromatic carbocycles. The molecule has 2 atom stereocenters. The van der Waals surface area contributed by atoms with Gasteiger partial charge in [-0.25, -0.2) is 0 Å². The second kappa shape index (κ2) is 10.5. The van der Waals surface area contributed by atoms with Gasteiger partial charge in [-0.1, -0.05) is 35.9 Å². The largest absolute Gasteiger partial charge is 0.486 e. The number of ether oxygens (including phenoxy) is 3. The normalized spacial score (nSPS) is 20.8. The molecule has 0 bridgehead atoms. The van der Waals surface area contributed by atoms with E-state index in [1.807, 2.05) is 36.4 Å². The summed E-state index contributed by atoms with van der Waals surface area (Å²) in [6.45, 7) is 6.59. The third-order valence-electron chi connectivity index (χ3n) is 5.43. The quantitative estimate of drug-likeness (QED) is 0.692. The van der Waals surface area contributed by atoms with E-state index in [9.17, 15) is 5.11 Å². The molecule has 0 unspecified atom stereocenters. The first-order chi connectivity index (χ1) is 14.7. The number of aliphatic hydroxyl groups is 1. The van der Waals surface area contributed by atoms with E-state index in [2.05, 4.69) is 21.9 Å². The van der Waals surface area contributed by atoms with Crippen molar-refractivity contribution in [3.8, 4) is 11.5 Å². The van der Waals surface area contributed by atoms with Crippen LogP contribution in [0.3, 0.4) is 0 Å². The highest BCUT2D eigenvalue weighted by Gasteiger charge is 2.22. The van der Waals surface area contributed by atoms with Crippen LogP contribution in [0.15, 0.2) is 48.5 Å². The van der Waals surface area contributed by atoms with Crippen molar-refractivity contribution in [3.63, 3.8) is 0 Å². The first-order valence-corrected chi connectivity index (χ1v) is 10.9. The Morgan fingerprint density at radius 3 is 2.47 bits per heavy atom. The van der Waals surface area contributed by atoms with Crippen LogP contribution >= 0.6 is 11.6 Å². The Bertz CT molecular complexity index is 796. The van der Waals surface area contributed by atoms with Crippen LogP contribution < -0.4 is 9.47 Å². The third-order valence-corrected chi connectivity index (χ3v) is 5.69. The molecule has 2 aliphatic rings. The summed E-state index contributed by atoms with van der Waals surface area (Å²) < 4.78 is 17.3. The van der Waals surface area contributed by atoms with Crippen LogP contribution in [-0.4, -0.2) is 79.7 Å². The highest BCUT2D eigenvalue weighted by Crippen LogP contribution is 2.30. The van der Waals surface area contributed by atoms with Crippen LogP contribution in [0.2, 0.25) is 5.02 Å². The van der Waals surface area contributed by atoms with E-state index in [0.717, 1.165) is 49.2 Å². The molecule has 4 rings (SSSR count). The summed E-state index contributed by atoms with van der Waals surface area (Å²) in [7, 11) is 0. The number of nitrogens with zero attached hydrogens (tertiary/aromatic N) is 2. The van der Waals surface area contributed by atoms with Crippen LogP contribution in [-0.2, 0) is 11.3 Å². The fourth-order valence-electron chi connectivity index (χ4n) is 3.81. The zero-order valence-corrected chi connectivity index (χ0v) is 17.8. The summed E-state index contributed by atoms with van der Waals surface area (Å²) in [6.07, 6.45) is -0.659. The van der Waals surface area contributed by atoms with Gasteiger partial charge >= 0.3 is 0 Å². The minimum atomic E-state index is -0.510. The van der Waals surface area contributed by atoms with E-state index in [1.165, 1.54) is 5.56 Å². The topological polar surface area (TPSA) is 54.4 Å². The van der Waals surface area contributed by atoms with Gasteiger partial charge in [-0.05, 0) is 29.8 Å². The van der Waals surface area contributed by atoms with Gasteiger partial charge in [-0.2, -0.15) is 0 Å². The number of halogens is 1. The fourth-order valence-corrected chi connectivity index (χ4v) is 3.94. The molecule has 2 aliphatic heterocycles. The van der Waals surface area contributed by atoms with Gasteiger partial charge in [0, 0.05) is 44.3 Å². The molecule has 0 aromatic heterocycles. The molecule has 30 heavy (non-hydrogen) atoms. The average Bonchev–Trinajstić information content (AvgIpc) is 2.77. The molecule has 2 heterocycles. The minimum absolute atomic E-state index is 0.150.